The molecule has 1 saturated heterocycles. The molecule has 4 nitrogen and oxygen atoms in total. The Morgan fingerprint density at radius 2 is 2.26 bits per heavy atom. The molecule has 1 aromatic heterocycles. The molecule has 1 atom stereocenters. The van der Waals surface area contributed by atoms with Crippen LogP contribution < -0.4 is 10.1 Å². The molecule has 2 aromatic rings. The minimum atomic E-state index is 0.324. The molecule has 0 saturated carbocycles. The number of aromatic nitrogens is 2. The summed E-state index contributed by atoms with van der Waals surface area (Å²) in [6.45, 7) is 2.16. The Labute approximate surface area is 117 Å². The van der Waals surface area contributed by atoms with Gasteiger partial charge in [0, 0.05) is 5.39 Å². The minimum Gasteiger partial charge on any atom is -0.489 e. The number of benzene rings is 1. The van der Waals surface area contributed by atoms with Crippen LogP contribution >= 0.6 is 11.8 Å². The van der Waals surface area contributed by atoms with Crippen molar-refractivity contribution in [2.45, 2.75) is 30.3 Å². The summed E-state index contributed by atoms with van der Waals surface area (Å²) < 4.78 is 6.23. The van der Waals surface area contributed by atoms with Crippen LogP contribution in [0.1, 0.15) is 19.3 Å². The van der Waals surface area contributed by atoms with Crippen molar-refractivity contribution in [1.82, 2.24) is 15.5 Å². The monoisotopic (exact) mass is 277 g/mol. The van der Waals surface area contributed by atoms with Gasteiger partial charge in [0.25, 0.3) is 0 Å². The highest BCUT2D eigenvalue weighted by Gasteiger charge is 2.16. The molecule has 1 aromatic carbocycles. The van der Waals surface area contributed by atoms with E-state index in [4.69, 9.17) is 4.74 Å². The molecule has 0 aliphatic carbocycles. The number of hydrogen-bond donors (Lipinski definition) is 2. The average molecular weight is 277 g/mol. The van der Waals surface area contributed by atoms with Gasteiger partial charge in [-0.2, -0.15) is 5.10 Å². The second kappa shape index (κ2) is 5.84. The van der Waals surface area contributed by atoms with Crippen molar-refractivity contribution >= 4 is 22.7 Å². The second-order valence-electron chi connectivity index (χ2n) is 4.85. The van der Waals surface area contributed by atoms with Crippen LogP contribution in [0.15, 0.2) is 23.2 Å². The van der Waals surface area contributed by atoms with Crippen LogP contribution in [0.25, 0.3) is 10.9 Å². The number of aromatic amines is 1. The first-order valence-electron chi connectivity index (χ1n) is 6.76. The summed E-state index contributed by atoms with van der Waals surface area (Å²) in [6.07, 6.45) is 7.69. The second-order valence-corrected chi connectivity index (χ2v) is 5.67. The molecule has 19 heavy (non-hydrogen) atoms. The predicted octanol–water partition coefficient (Wildman–Crippen LogP) is 2.81. The van der Waals surface area contributed by atoms with Crippen LogP contribution in [-0.4, -0.2) is 35.6 Å². The van der Waals surface area contributed by atoms with Gasteiger partial charge in [-0.3, -0.25) is 5.10 Å². The fraction of sp³-hybridized carbons (Fsp3) is 0.500. The van der Waals surface area contributed by atoms with Crippen LogP contribution in [0.3, 0.4) is 0 Å². The zero-order valence-corrected chi connectivity index (χ0v) is 11.9. The third kappa shape index (κ3) is 2.72. The Morgan fingerprint density at radius 1 is 1.32 bits per heavy atom. The molecule has 5 heteroatoms. The Morgan fingerprint density at radius 3 is 3.16 bits per heavy atom. The molecular weight excluding hydrogens is 258 g/mol. The van der Waals surface area contributed by atoms with Gasteiger partial charge >= 0.3 is 0 Å². The van der Waals surface area contributed by atoms with E-state index in [1.807, 2.05) is 12.3 Å². The Bertz CT molecular complexity index is 547. The molecule has 3 rings (SSSR count). The van der Waals surface area contributed by atoms with Gasteiger partial charge in [-0.25, -0.2) is 0 Å². The normalized spacial score (nSPS) is 20.4. The number of thioether (sulfide) groups is 1. The number of fused-ring (bicyclic) bond motifs is 1. The lowest BCUT2D eigenvalue weighted by Crippen LogP contribution is -2.19. The summed E-state index contributed by atoms with van der Waals surface area (Å²) in [7, 11) is 0. The highest BCUT2D eigenvalue weighted by atomic mass is 32.2. The molecule has 0 bridgehead atoms. The molecule has 0 radical (unpaired) electrons. The van der Waals surface area contributed by atoms with Crippen LogP contribution in [0.2, 0.25) is 0 Å². The van der Waals surface area contributed by atoms with E-state index in [1.165, 1.54) is 11.3 Å². The van der Waals surface area contributed by atoms with E-state index in [-0.39, 0.29) is 0 Å². The van der Waals surface area contributed by atoms with Crippen LogP contribution in [0.5, 0.6) is 5.75 Å². The van der Waals surface area contributed by atoms with Gasteiger partial charge < -0.3 is 10.1 Å². The summed E-state index contributed by atoms with van der Waals surface area (Å²) in [5, 5.41) is 11.7. The van der Waals surface area contributed by atoms with Gasteiger partial charge in [0.05, 0.1) is 16.6 Å². The van der Waals surface area contributed by atoms with E-state index < -0.39 is 0 Å². The Kier molecular flexibility index (Phi) is 3.94. The molecule has 1 aliphatic heterocycles. The van der Waals surface area contributed by atoms with Crippen LogP contribution in [-0.2, 0) is 0 Å². The summed E-state index contributed by atoms with van der Waals surface area (Å²) in [6, 6.07) is 4.11. The fourth-order valence-corrected chi connectivity index (χ4v) is 3.26. The first kappa shape index (κ1) is 12.8. The van der Waals surface area contributed by atoms with Gasteiger partial charge in [0.1, 0.15) is 11.9 Å². The van der Waals surface area contributed by atoms with Gasteiger partial charge in [-0.15, -0.1) is 11.8 Å². The zero-order valence-electron chi connectivity index (χ0n) is 11.1. The third-order valence-corrected chi connectivity index (χ3v) is 4.39. The number of H-pyrrole nitrogens is 1. The maximum absolute atomic E-state index is 6.23. The van der Waals surface area contributed by atoms with E-state index in [1.54, 1.807) is 11.8 Å². The average Bonchev–Trinajstić information content (AvgIpc) is 2.76. The summed E-state index contributed by atoms with van der Waals surface area (Å²) in [5.74, 6) is 0.994. The Hall–Kier alpha value is -1.20. The van der Waals surface area contributed by atoms with Crippen LogP contribution in [0, 0.1) is 0 Å². The van der Waals surface area contributed by atoms with Gasteiger partial charge in [-0.05, 0) is 50.7 Å². The Balaban J connectivity index is 1.86. The number of ether oxygens (including phenoxy) is 1. The topological polar surface area (TPSA) is 49.9 Å². The van der Waals surface area contributed by atoms with E-state index in [2.05, 4.69) is 27.8 Å². The standard InChI is InChI=1S/C14H19N3OS/c1-19-14-11-9-16-17-12(11)4-5-13(14)18-10-3-2-7-15-8-6-10/h4-5,9-10,15H,2-3,6-8H2,1H3,(H,16,17). The maximum Gasteiger partial charge on any atom is 0.134 e. The van der Waals surface area contributed by atoms with Crippen molar-refractivity contribution in [3.8, 4) is 5.75 Å². The van der Waals surface area contributed by atoms with Crippen molar-refractivity contribution in [3.05, 3.63) is 18.3 Å². The van der Waals surface area contributed by atoms with Crippen molar-refractivity contribution in [3.63, 3.8) is 0 Å². The lowest BCUT2D eigenvalue weighted by Gasteiger charge is -2.19. The molecule has 1 unspecified atom stereocenters. The van der Waals surface area contributed by atoms with Gasteiger partial charge in [0.15, 0.2) is 0 Å². The molecule has 102 valence electrons. The maximum atomic E-state index is 6.23. The lowest BCUT2D eigenvalue weighted by molar-refractivity contribution is 0.183. The number of rotatable bonds is 3. The van der Waals surface area contributed by atoms with E-state index in [0.29, 0.717) is 6.10 Å². The van der Waals surface area contributed by atoms with E-state index in [0.717, 1.165) is 42.6 Å². The number of hydrogen-bond acceptors (Lipinski definition) is 4. The summed E-state index contributed by atoms with van der Waals surface area (Å²) in [5.41, 5.74) is 1.07. The van der Waals surface area contributed by atoms with Crippen molar-refractivity contribution in [2.75, 3.05) is 19.3 Å². The molecule has 1 fully saturated rings. The molecule has 2 N–H and O–H groups in total. The molecular formula is C14H19N3OS. The number of nitrogens with zero attached hydrogens (tertiary/aromatic N) is 1. The largest absolute Gasteiger partial charge is 0.489 e. The van der Waals surface area contributed by atoms with Crippen molar-refractivity contribution in [1.29, 1.82) is 0 Å². The predicted molar refractivity (Wildman–Crippen MR) is 79.0 cm³/mol. The van der Waals surface area contributed by atoms with Gasteiger partial charge in [0.2, 0.25) is 0 Å². The van der Waals surface area contributed by atoms with Crippen molar-refractivity contribution in [2.24, 2.45) is 0 Å². The molecule has 0 amide bonds. The third-order valence-electron chi connectivity index (χ3n) is 3.56. The minimum absolute atomic E-state index is 0.324. The fourth-order valence-electron chi connectivity index (χ4n) is 2.56. The number of nitrogens with one attached hydrogen (secondary N) is 2. The van der Waals surface area contributed by atoms with Gasteiger partial charge in [-0.1, -0.05) is 0 Å². The van der Waals surface area contributed by atoms with Crippen LogP contribution in [0.4, 0.5) is 0 Å². The summed E-state index contributed by atoms with van der Waals surface area (Å²) in [4.78, 5) is 1.18. The first-order chi connectivity index (χ1) is 9.38. The van der Waals surface area contributed by atoms with E-state index in [9.17, 15) is 0 Å². The van der Waals surface area contributed by atoms with Crippen molar-refractivity contribution < 1.29 is 4.74 Å². The van der Waals surface area contributed by atoms with E-state index >= 15 is 0 Å². The first-order valence-corrected chi connectivity index (χ1v) is 7.98. The molecule has 0 spiro atoms. The highest BCUT2D eigenvalue weighted by Crippen LogP contribution is 2.35. The summed E-state index contributed by atoms with van der Waals surface area (Å²) >= 11 is 1.72. The SMILES string of the molecule is CSc1c(OC2CCCNCC2)ccc2[nH]ncc12. The molecule has 2 heterocycles. The zero-order chi connectivity index (χ0) is 13.1. The quantitative estimate of drug-likeness (QED) is 0.847. The highest BCUT2D eigenvalue weighted by molar-refractivity contribution is 7.99. The lowest BCUT2D eigenvalue weighted by atomic mass is 10.1. The smallest absolute Gasteiger partial charge is 0.134 e. The molecule has 1 aliphatic rings.